The molecule has 0 aliphatic carbocycles. The van der Waals surface area contributed by atoms with Gasteiger partial charge in [0.1, 0.15) is 0 Å². The van der Waals surface area contributed by atoms with Gasteiger partial charge >= 0.3 is 0 Å². The molecule has 1 aromatic heterocycles. The van der Waals surface area contributed by atoms with Gasteiger partial charge < -0.3 is 9.88 Å². The zero-order valence-corrected chi connectivity index (χ0v) is 18.0. The van der Waals surface area contributed by atoms with Crippen LogP contribution in [0.2, 0.25) is 0 Å². The summed E-state index contributed by atoms with van der Waals surface area (Å²) in [4.78, 5) is 20.4. The van der Waals surface area contributed by atoms with Crippen LogP contribution < -0.4 is 0 Å². The van der Waals surface area contributed by atoms with Crippen LogP contribution in [-0.2, 0) is 6.42 Å². The summed E-state index contributed by atoms with van der Waals surface area (Å²) in [5, 5.41) is 1.26. The Labute approximate surface area is 181 Å². The van der Waals surface area contributed by atoms with Crippen molar-refractivity contribution in [2.24, 2.45) is 0 Å². The molecule has 4 aromatic rings. The third-order valence-corrected chi connectivity index (χ3v) is 6.77. The Morgan fingerprint density at radius 1 is 1.00 bits per heavy atom. The molecule has 0 spiro atoms. The minimum absolute atomic E-state index is 0.0817. The van der Waals surface area contributed by atoms with E-state index in [1.807, 2.05) is 36.1 Å². The predicted molar refractivity (Wildman–Crippen MR) is 124 cm³/mol. The van der Waals surface area contributed by atoms with E-state index in [1.165, 1.54) is 15.8 Å². The Morgan fingerprint density at radius 2 is 1.73 bits per heavy atom. The van der Waals surface area contributed by atoms with E-state index in [9.17, 15) is 4.79 Å². The minimum Gasteiger partial charge on any atom is -0.356 e. The maximum atomic E-state index is 13.6. The number of thioether (sulfide) groups is 1. The van der Waals surface area contributed by atoms with Crippen molar-refractivity contribution in [3.05, 3.63) is 101 Å². The lowest BCUT2D eigenvalue weighted by Gasteiger charge is -2.36. The SMILES string of the molecule is CSc1ccc([C@H]2c3[nH]c4ccccc4c3CCN2C(=O)c2ccc(C)cc2)cc1. The first-order valence-corrected chi connectivity index (χ1v) is 11.5. The van der Waals surface area contributed by atoms with Crippen molar-refractivity contribution in [1.29, 1.82) is 0 Å². The monoisotopic (exact) mass is 412 g/mol. The molecule has 1 aliphatic rings. The molecule has 4 heteroatoms. The van der Waals surface area contributed by atoms with E-state index < -0.39 is 0 Å². The van der Waals surface area contributed by atoms with E-state index in [0.717, 1.165) is 34.3 Å². The largest absolute Gasteiger partial charge is 0.356 e. The molecule has 2 heterocycles. The first kappa shape index (κ1) is 19.0. The predicted octanol–water partition coefficient (Wildman–Crippen LogP) is 5.99. The quantitative estimate of drug-likeness (QED) is 0.420. The lowest BCUT2D eigenvalue weighted by Crippen LogP contribution is -2.40. The summed E-state index contributed by atoms with van der Waals surface area (Å²) in [7, 11) is 0. The number of carbonyl (C=O) groups excluding carboxylic acids is 1. The van der Waals surface area contributed by atoms with Gasteiger partial charge in [-0.25, -0.2) is 0 Å². The fourth-order valence-corrected chi connectivity index (χ4v) is 4.86. The van der Waals surface area contributed by atoms with Crippen LogP contribution in [-0.4, -0.2) is 28.6 Å². The second kappa shape index (κ2) is 7.69. The van der Waals surface area contributed by atoms with Crippen LogP contribution in [0, 0.1) is 6.92 Å². The van der Waals surface area contributed by atoms with Crippen molar-refractivity contribution in [2.75, 3.05) is 12.8 Å². The Morgan fingerprint density at radius 3 is 2.47 bits per heavy atom. The maximum absolute atomic E-state index is 13.6. The number of nitrogens with one attached hydrogen (secondary N) is 1. The van der Waals surface area contributed by atoms with Gasteiger partial charge in [0, 0.05) is 33.6 Å². The number of carbonyl (C=O) groups is 1. The summed E-state index contributed by atoms with van der Waals surface area (Å²) in [6.45, 7) is 2.75. The molecule has 1 atom stereocenters. The molecule has 0 radical (unpaired) electrons. The summed E-state index contributed by atoms with van der Waals surface area (Å²) < 4.78 is 0. The molecule has 3 aromatic carbocycles. The number of rotatable bonds is 3. The fourth-order valence-electron chi connectivity index (χ4n) is 4.45. The zero-order valence-electron chi connectivity index (χ0n) is 17.2. The number of hydrogen-bond donors (Lipinski definition) is 1. The van der Waals surface area contributed by atoms with Crippen molar-refractivity contribution < 1.29 is 4.79 Å². The van der Waals surface area contributed by atoms with Gasteiger partial charge in [0.15, 0.2) is 0 Å². The highest BCUT2D eigenvalue weighted by atomic mass is 32.2. The topological polar surface area (TPSA) is 36.1 Å². The van der Waals surface area contributed by atoms with Gasteiger partial charge in [-0.3, -0.25) is 4.79 Å². The summed E-state index contributed by atoms with van der Waals surface area (Å²) in [6, 6.07) is 24.8. The van der Waals surface area contributed by atoms with Gasteiger partial charge in [-0.1, -0.05) is 48.0 Å². The Bertz CT molecular complexity index is 1210. The van der Waals surface area contributed by atoms with Crippen LogP contribution in [0.5, 0.6) is 0 Å². The molecule has 0 bridgehead atoms. The highest BCUT2D eigenvalue weighted by Crippen LogP contribution is 2.39. The Hall–Kier alpha value is -2.98. The highest BCUT2D eigenvalue weighted by molar-refractivity contribution is 7.98. The molecular weight excluding hydrogens is 388 g/mol. The summed E-state index contributed by atoms with van der Waals surface area (Å²) in [5.74, 6) is 0.0817. The number of aromatic nitrogens is 1. The molecule has 0 saturated carbocycles. The van der Waals surface area contributed by atoms with Crippen molar-refractivity contribution in [3.8, 4) is 0 Å². The number of fused-ring (bicyclic) bond motifs is 3. The maximum Gasteiger partial charge on any atom is 0.254 e. The van der Waals surface area contributed by atoms with Crippen molar-refractivity contribution in [3.63, 3.8) is 0 Å². The van der Waals surface area contributed by atoms with Crippen LogP contribution in [0.25, 0.3) is 10.9 Å². The van der Waals surface area contributed by atoms with Gasteiger partial charge in [-0.15, -0.1) is 11.8 Å². The Kier molecular flexibility index (Phi) is 4.87. The van der Waals surface area contributed by atoms with Gasteiger partial charge in [0.2, 0.25) is 0 Å². The highest BCUT2D eigenvalue weighted by Gasteiger charge is 2.34. The van der Waals surface area contributed by atoms with Crippen LogP contribution in [0.15, 0.2) is 77.7 Å². The number of para-hydroxylation sites is 1. The van der Waals surface area contributed by atoms with Crippen LogP contribution in [0.1, 0.15) is 38.8 Å². The number of aromatic amines is 1. The zero-order chi connectivity index (χ0) is 20.7. The van der Waals surface area contributed by atoms with Crippen molar-refractivity contribution >= 4 is 28.6 Å². The van der Waals surface area contributed by atoms with Crippen LogP contribution >= 0.6 is 11.8 Å². The number of aryl methyl sites for hydroxylation is 1. The number of nitrogens with zero attached hydrogens (tertiary/aromatic N) is 1. The van der Waals surface area contributed by atoms with Crippen LogP contribution in [0.3, 0.4) is 0 Å². The lowest BCUT2D eigenvalue weighted by molar-refractivity contribution is 0.0692. The average Bonchev–Trinajstić information content (AvgIpc) is 3.17. The van der Waals surface area contributed by atoms with E-state index >= 15 is 0 Å². The molecule has 5 rings (SSSR count). The summed E-state index contributed by atoms with van der Waals surface area (Å²) in [6.07, 6.45) is 2.94. The molecule has 1 aliphatic heterocycles. The number of hydrogen-bond acceptors (Lipinski definition) is 2. The molecule has 1 amide bonds. The second-order valence-corrected chi connectivity index (χ2v) is 8.73. The number of benzene rings is 3. The standard InChI is InChI=1S/C26H24N2OS/c1-17-7-9-19(10-8-17)26(29)28-16-15-22-21-5-3-4-6-23(21)27-24(22)25(28)18-11-13-20(30-2)14-12-18/h3-14,25,27H,15-16H2,1-2H3/t25-/m0/s1. The van der Waals surface area contributed by atoms with E-state index in [1.54, 1.807) is 11.8 Å². The van der Waals surface area contributed by atoms with Crippen molar-refractivity contribution in [1.82, 2.24) is 9.88 Å². The molecule has 0 unspecified atom stereocenters. The first-order valence-electron chi connectivity index (χ1n) is 10.3. The lowest BCUT2D eigenvalue weighted by atomic mass is 9.91. The normalized spacial score (nSPS) is 15.9. The van der Waals surface area contributed by atoms with E-state index in [4.69, 9.17) is 0 Å². The first-order chi connectivity index (χ1) is 14.7. The van der Waals surface area contributed by atoms with E-state index in [0.29, 0.717) is 6.54 Å². The van der Waals surface area contributed by atoms with Gasteiger partial charge in [-0.05, 0) is 61.1 Å². The number of amides is 1. The average molecular weight is 413 g/mol. The molecule has 0 fully saturated rings. The molecule has 30 heavy (non-hydrogen) atoms. The van der Waals surface area contributed by atoms with Crippen molar-refractivity contribution in [2.45, 2.75) is 24.3 Å². The molecule has 150 valence electrons. The second-order valence-electron chi connectivity index (χ2n) is 7.85. The van der Waals surface area contributed by atoms with E-state index in [-0.39, 0.29) is 11.9 Å². The van der Waals surface area contributed by atoms with Gasteiger partial charge in [0.25, 0.3) is 5.91 Å². The third kappa shape index (κ3) is 3.21. The third-order valence-electron chi connectivity index (χ3n) is 6.03. The molecule has 0 saturated heterocycles. The van der Waals surface area contributed by atoms with Gasteiger partial charge in [0.05, 0.1) is 6.04 Å². The summed E-state index contributed by atoms with van der Waals surface area (Å²) in [5.41, 5.74) is 6.65. The smallest absolute Gasteiger partial charge is 0.254 e. The summed E-state index contributed by atoms with van der Waals surface area (Å²) >= 11 is 1.73. The Balaban J connectivity index is 1.64. The minimum atomic E-state index is -0.120. The van der Waals surface area contributed by atoms with Crippen LogP contribution in [0.4, 0.5) is 0 Å². The fraction of sp³-hybridized carbons (Fsp3) is 0.192. The van der Waals surface area contributed by atoms with E-state index in [2.05, 4.69) is 59.8 Å². The number of H-pyrrole nitrogens is 1. The molecular formula is C26H24N2OS. The van der Waals surface area contributed by atoms with Gasteiger partial charge in [-0.2, -0.15) is 0 Å². The molecule has 3 nitrogen and oxygen atoms in total. The molecule has 1 N–H and O–H groups in total.